The molecule has 0 aliphatic heterocycles. The monoisotopic (exact) mass is 368 g/mol. The van der Waals surface area contributed by atoms with E-state index in [-0.39, 0.29) is 0 Å². The average Bonchev–Trinajstić information content (AvgIpc) is 3.23. The highest BCUT2D eigenvalue weighted by Crippen LogP contribution is 2.27. The standard InChI is InChI=1S/C22H20N6/c1-15-16(2)27(13-18-10-6-7-11-23-18)21-20(15)22-25-19(26-28(22)14-24-21)12-17-8-4-3-5-9-17/h3-11,14H,12-13H2,1-2H3. The van der Waals surface area contributed by atoms with Gasteiger partial charge in [0.25, 0.3) is 0 Å². The number of fused-ring (bicyclic) bond motifs is 3. The van der Waals surface area contributed by atoms with Crippen LogP contribution >= 0.6 is 0 Å². The van der Waals surface area contributed by atoms with Crippen LogP contribution in [-0.2, 0) is 13.0 Å². The molecule has 0 fully saturated rings. The van der Waals surface area contributed by atoms with Crippen molar-refractivity contribution in [2.75, 3.05) is 0 Å². The summed E-state index contributed by atoms with van der Waals surface area (Å²) in [5, 5.41) is 5.70. The van der Waals surface area contributed by atoms with Gasteiger partial charge in [0.05, 0.1) is 17.6 Å². The van der Waals surface area contributed by atoms with Gasteiger partial charge in [0.1, 0.15) is 12.0 Å². The highest BCUT2D eigenvalue weighted by Gasteiger charge is 2.18. The van der Waals surface area contributed by atoms with Crippen molar-refractivity contribution in [1.82, 2.24) is 29.1 Å². The molecule has 6 nitrogen and oxygen atoms in total. The number of hydrogen-bond donors (Lipinski definition) is 0. The van der Waals surface area contributed by atoms with Crippen LogP contribution < -0.4 is 0 Å². The fourth-order valence-corrected chi connectivity index (χ4v) is 3.68. The van der Waals surface area contributed by atoms with Gasteiger partial charge in [-0.05, 0) is 37.1 Å². The van der Waals surface area contributed by atoms with Gasteiger partial charge in [-0.25, -0.2) is 14.5 Å². The molecule has 0 aliphatic carbocycles. The summed E-state index contributed by atoms with van der Waals surface area (Å²) in [4.78, 5) is 14.0. The van der Waals surface area contributed by atoms with Crippen LogP contribution in [0.4, 0.5) is 0 Å². The summed E-state index contributed by atoms with van der Waals surface area (Å²) in [5.74, 6) is 0.801. The van der Waals surface area contributed by atoms with E-state index in [4.69, 9.17) is 9.97 Å². The number of rotatable bonds is 4. The Morgan fingerprint density at radius 3 is 2.50 bits per heavy atom. The maximum Gasteiger partial charge on any atom is 0.168 e. The lowest BCUT2D eigenvalue weighted by Crippen LogP contribution is -2.04. The second kappa shape index (κ2) is 6.56. The minimum Gasteiger partial charge on any atom is -0.323 e. The number of aromatic nitrogens is 6. The van der Waals surface area contributed by atoms with Crippen LogP contribution in [0.2, 0.25) is 0 Å². The Labute approximate surface area is 162 Å². The second-order valence-electron chi connectivity index (χ2n) is 7.02. The molecule has 0 spiro atoms. The molecule has 4 heterocycles. The van der Waals surface area contributed by atoms with E-state index in [2.05, 4.69) is 40.6 Å². The minimum atomic E-state index is 0.686. The van der Waals surface area contributed by atoms with Crippen molar-refractivity contribution < 1.29 is 0 Å². The first-order valence-electron chi connectivity index (χ1n) is 9.34. The molecule has 0 N–H and O–H groups in total. The second-order valence-corrected chi connectivity index (χ2v) is 7.02. The Balaban J connectivity index is 1.63. The molecule has 0 amide bonds. The highest BCUT2D eigenvalue weighted by molar-refractivity contribution is 5.93. The molecule has 5 aromatic rings. The first kappa shape index (κ1) is 16.6. The highest BCUT2D eigenvalue weighted by atomic mass is 15.3. The molecule has 0 unspecified atom stereocenters. The summed E-state index contributed by atoms with van der Waals surface area (Å²) in [6.45, 7) is 4.93. The molecule has 28 heavy (non-hydrogen) atoms. The van der Waals surface area contributed by atoms with E-state index in [0.717, 1.165) is 28.2 Å². The fraction of sp³-hybridized carbons (Fsp3) is 0.182. The van der Waals surface area contributed by atoms with E-state index in [1.165, 1.54) is 16.8 Å². The summed E-state index contributed by atoms with van der Waals surface area (Å²) in [6, 6.07) is 16.3. The smallest absolute Gasteiger partial charge is 0.168 e. The third kappa shape index (κ3) is 2.74. The van der Waals surface area contributed by atoms with Gasteiger partial charge in [-0.3, -0.25) is 4.98 Å². The fourth-order valence-electron chi connectivity index (χ4n) is 3.68. The molecular weight excluding hydrogens is 348 g/mol. The Morgan fingerprint density at radius 1 is 0.893 bits per heavy atom. The minimum absolute atomic E-state index is 0.686. The van der Waals surface area contributed by atoms with E-state index in [9.17, 15) is 0 Å². The largest absolute Gasteiger partial charge is 0.323 e. The lowest BCUT2D eigenvalue weighted by atomic mass is 10.1. The van der Waals surface area contributed by atoms with Crippen molar-refractivity contribution in [3.05, 3.63) is 89.4 Å². The number of nitrogens with zero attached hydrogens (tertiary/aromatic N) is 6. The molecule has 1 aromatic carbocycles. The van der Waals surface area contributed by atoms with Crippen molar-refractivity contribution in [1.29, 1.82) is 0 Å². The topological polar surface area (TPSA) is 60.9 Å². The molecule has 0 atom stereocenters. The Bertz CT molecular complexity index is 1270. The quantitative estimate of drug-likeness (QED) is 0.485. The summed E-state index contributed by atoms with van der Waals surface area (Å²) in [6.07, 6.45) is 4.28. The van der Waals surface area contributed by atoms with Crippen molar-refractivity contribution in [2.45, 2.75) is 26.8 Å². The van der Waals surface area contributed by atoms with E-state index in [0.29, 0.717) is 13.0 Å². The molecular formula is C22H20N6. The van der Waals surface area contributed by atoms with Crippen LogP contribution in [0.25, 0.3) is 16.7 Å². The third-order valence-electron chi connectivity index (χ3n) is 5.24. The number of pyridine rings is 1. The zero-order valence-corrected chi connectivity index (χ0v) is 15.9. The summed E-state index contributed by atoms with van der Waals surface area (Å²) in [5.41, 5.74) is 6.35. The molecule has 138 valence electrons. The van der Waals surface area contributed by atoms with Gasteiger partial charge in [0.2, 0.25) is 0 Å². The van der Waals surface area contributed by atoms with E-state index in [1.54, 1.807) is 10.8 Å². The Kier molecular flexibility index (Phi) is 3.90. The van der Waals surface area contributed by atoms with Gasteiger partial charge in [0.15, 0.2) is 11.5 Å². The summed E-state index contributed by atoms with van der Waals surface area (Å²) in [7, 11) is 0. The molecule has 5 rings (SSSR count). The van der Waals surface area contributed by atoms with Crippen molar-refractivity contribution in [3.8, 4) is 0 Å². The normalized spacial score (nSPS) is 11.5. The predicted octanol–water partition coefficient (Wildman–Crippen LogP) is 3.73. The van der Waals surface area contributed by atoms with Crippen LogP contribution in [-0.4, -0.2) is 29.1 Å². The third-order valence-corrected chi connectivity index (χ3v) is 5.24. The Morgan fingerprint density at radius 2 is 1.71 bits per heavy atom. The first-order chi connectivity index (χ1) is 13.7. The molecule has 0 bridgehead atoms. The maximum absolute atomic E-state index is 4.84. The van der Waals surface area contributed by atoms with Gasteiger partial charge < -0.3 is 4.57 Å². The summed E-state index contributed by atoms with van der Waals surface area (Å²) < 4.78 is 4.00. The zero-order valence-electron chi connectivity index (χ0n) is 15.9. The van der Waals surface area contributed by atoms with Gasteiger partial charge in [-0.1, -0.05) is 36.4 Å². The van der Waals surface area contributed by atoms with Crippen molar-refractivity contribution >= 4 is 16.7 Å². The van der Waals surface area contributed by atoms with E-state index >= 15 is 0 Å². The molecule has 0 saturated carbocycles. The SMILES string of the molecule is Cc1c(C)n(Cc2ccccn2)c2ncn3nc(Cc4ccccc4)nc3c12. The zero-order chi connectivity index (χ0) is 19.1. The summed E-state index contributed by atoms with van der Waals surface area (Å²) >= 11 is 0. The molecule has 0 radical (unpaired) electrons. The molecule has 4 aromatic heterocycles. The van der Waals surface area contributed by atoms with Gasteiger partial charge in [-0.2, -0.15) is 0 Å². The number of aryl methyl sites for hydroxylation is 1. The van der Waals surface area contributed by atoms with Crippen LogP contribution in [0.5, 0.6) is 0 Å². The maximum atomic E-state index is 4.84. The lowest BCUT2D eigenvalue weighted by molar-refractivity contribution is 0.765. The first-order valence-corrected chi connectivity index (χ1v) is 9.34. The van der Waals surface area contributed by atoms with Gasteiger partial charge >= 0.3 is 0 Å². The van der Waals surface area contributed by atoms with Crippen LogP contribution in [0.3, 0.4) is 0 Å². The van der Waals surface area contributed by atoms with Crippen molar-refractivity contribution in [3.63, 3.8) is 0 Å². The van der Waals surface area contributed by atoms with Gasteiger partial charge in [-0.15, -0.1) is 5.10 Å². The average molecular weight is 368 g/mol. The molecule has 6 heteroatoms. The molecule has 0 aliphatic rings. The van der Waals surface area contributed by atoms with Crippen LogP contribution in [0.1, 0.15) is 28.3 Å². The van der Waals surface area contributed by atoms with E-state index < -0.39 is 0 Å². The van der Waals surface area contributed by atoms with E-state index in [1.807, 2.05) is 42.6 Å². The van der Waals surface area contributed by atoms with Crippen LogP contribution in [0, 0.1) is 13.8 Å². The van der Waals surface area contributed by atoms with Crippen LogP contribution in [0.15, 0.2) is 61.1 Å². The molecule has 0 saturated heterocycles. The number of hydrogen-bond acceptors (Lipinski definition) is 4. The lowest BCUT2D eigenvalue weighted by Gasteiger charge is -2.07. The number of benzene rings is 1. The Hall–Kier alpha value is -3.54. The predicted molar refractivity (Wildman–Crippen MR) is 108 cm³/mol. The van der Waals surface area contributed by atoms with Gasteiger partial charge in [0, 0.05) is 18.3 Å². The van der Waals surface area contributed by atoms with Crippen molar-refractivity contribution in [2.24, 2.45) is 0 Å².